The lowest BCUT2D eigenvalue weighted by Gasteiger charge is -2.15. The normalized spacial score (nSPS) is 12.2. The maximum atomic E-state index is 5.36. The maximum Gasteiger partial charge on any atom is 0.159 e. The minimum absolute atomic E-state index is 0.278. The number of hydrogen-bond acceptors (Lipinski definition) is 6. The average molecular weight is 328 g/mol. The molecule has 1 atom stereocenters. The highest BCUT2D eigenvalue weighted by Crippen LogP contribution is 2.26. The summed E-state index contributed by atoms with van der Waals surface area (Å²) in [5.74, 6) is 6.67. The van der Waals surface area contributed by atoms with E-state index >= 15 is 0 Å². The van der Waals surface area contributed by atoms with E-state index in [0.29, 0.717) is 5.82 Å². The zero-order valence-electron chi connectivity index (χ0n) is 9.85. The Morgan fingerprint density at radius 2 is 2.22 bits per heavy atom. The molecular weight excluding hydrogens is 314 g/mol. The van der Waals surface area contributed by atoms with E-state index in [1.807, 2.05) is 0 Å². The molecule has 0 fully saturated rings. The molecule has 0 aliphatic heterocycles. The standard InChI is InChI=1S/C11H14BrN5S/c1-7(5-8-3-2-4-18-8)16-10-9(12)11(17-13)15-6-14-10/h2-4,6-7H,5,13H2,1H3,(H2,14,15,16,17). The van der Waals surface area contributed by atoms with Gasteiger partial charge < -0.3 is 10.7 Å². The van der Waals surface area contributed by atoms with Gasteiger partial charge >= 0.3 is 0 Å². The number of hydrazine groups is 1. The second kappa shape index (κ2) is 6.12. The largest absolute Gasteiger partial charge is 0.366 e. The summed E-state index contributed by atoms with van der Waals surface area (Å²) in [4.78, 5) is 9.55. The topological polar surface area (TPSA) is 75.9 Å². The first-order valence-corrected chi connectivity index (χ1v) is 7.14. The van der Waals surface area contributed by atoms with Crippen LogP contribution in [0.3, 0.4) is 0 Å². The zero-order chi connectivity index (χ0) is 13.0. The fraction of sp³-hybridized carbons (Fsp3) is 0.273. The molecule has 5 nitrogen and oxygen atoms in total. The van der Waals surface area contributed by atoms with Crippen LogP contribution in [0.1, 0.15) is 11.8 Å². The molecule has 2 heterocycles. The van der Waals surface area contributed by atoms with Crippen LogP contribution in [0.4, 0.5) is 11.6 Å². The molecule has 96 valence electrons. The Morgan fingerprint density at radius 1 is 1.44 bits per heavy atom. The number of anilines is 2. The summed E-state index contributed by atoms with van der Waals surface area (Å²) in [7, 11) is 0. The molecule has 0 radical (unpaired) electrons. The quantitative estimate of drug-likeness (QED) is 0.581. The van der Waals surface area contributed by atoms with Crippen LogP contribution in [0.15, 0.2) is 28.3 Å². The lowest BCUT2D eigenvalue weighted by atomic mass is 10.2. The van der Waals surface area contributed by atoms with Gasteiger partial charge in [0.15, 0.2) is 5.82 Å². The van der Waals surface area contributed by atoms with Crippen molar-refractivity contribution in [2.24, 2.45) is 5.84 Å². The van der Waals surface area contributed by atoms with E-state index in [-0.39, 0.29) is 6.04 Å². The van der Waals surface area contributed by atoms with E-state index in [1.54, 1.807) is 11.3 Å². The number of nitrogens with one attached hydrogen (secondary N) is 2. The Morgan fingerprint density at radius 3 is 2.89 bits per heavy atom. The fourth-order valence-electron chi connectivity index (χ4n) is 1.59. The molecule has 7 heteroatoms. The number of nitrogen functional groups attached to an aromatic ring is 1. The van der Waals surface area contributed by atoms with Crippen molar-refractivity contribution < 1.29 is 0 Å². The monoisotopic (exact) mass is 327 g/mol. The predicted octanol–water partition coefficient (Wildman–Crippen LogP) is 2.63. The van der Waals surface area contributed by atoms with Crippen LogP contribution in [0, 0.1) is 0 Å². The van der Waals surface area contributed by atoms with Gasteiger partial charge in [0.05, 0.1) is 0 Å². The van der Waals surface area contributed by atoms with Gasteiger partial charge in [-0.3, -0.25) is 0 Å². The van der Waals surface area contributed by atoms with Crippen LogP contribution in [0.5, 0.6) is 0 Å². The van der Waals surface area contributed by atoms with Gasteiger partial charge in [0.2, 0.25) is 0 Å². The third kappa shape index (κ3) is 3.18. The zero-order valence-corrected chi connectivity index (χ0v) is 12.3. The van der Waals surface area contributed by atoms with Crippen LogP contribution in [0.2, 0.25) is 0 Å². The van der Waals surface area contributed by atoms with E-state index in [9.17, 15) is 0 Å². The molecule has 4 N–H and O–H groups in total. The van der Waals surface area contributed by atoms with Crippen LogP contribution in [-0.4, -0.2) is 16.0 Å². The Balaban J connectivity index is 2.05. The van der Waals surface area contributed by atoms with Gasteiger partial charge in [-0.05, 0) is 34.3 Å². The van der Waals surface area contributed by atoms with E-state index < -0.39 is 0 Å². The molecular formula is C11H14BrN5S. The Bertz CT molecular complexity index is 502. The average Bonchev–Trinajstić information content (AvgIpc) is 2.84. The Hall–Kier alpha value is -1.18. The van der Waals surface area contributed by atoms with E-state index in [1.165, 1.54) is 11.2 Å². The number of nitrogens with zero attached hydrogens (tertiary/aromatic N) is 2. The summed E-state index contributed by atoms with van der Waals surface area (Å²) in [5, 5.41) is 5.42. The van der Waals surface area contributed by atoms with Gasteiger partial charge in [-0.2, -0.15) is 0 Å². The second-order valence-electron chi connectivity index (χ2n) is 3.86. The smallest absolute Gasteiger partial charge is 0.159 e. The first-order chi connectivity index (χ1) is 8.70. The summed E-state index contributed by atoms with van der Waals surface area (Å²) < 4.78 is 0.741. The molecule has 2 aromatic heterocycles. The lowest BCUT2D eigenvalue weighted by Crippen LogP contribution is -2.19. The van der Waals surface area contributed by atoms with Crippen molar-refractivity contribution in [3.63, 3.8) is 0 Å². The van der Waals surface area contributed by atoms with Gasteiger partial charge in [0.25, 0.3) is 0 Å². The van der Waals surface area contributed by atoms with Crippen LogP contribution < -0.4 is 16.6 Å². The molecule has 2 rings (SSSR count). The second-order valence-corrected chi connectivity index (χ2v) is 5.68. The number of halogens is 1. The highest BCUT2D eigenvalue weighted by atomic mass is 79.9. The Labute approximate surface area is 118 Å². The van der Waals surface area contributed by atoms with Gasteiger partial charge in [-0.1, -0.05) is 6.07 Å². The van der Waals surface area contributed by atoms with Gasteiger partial charge in [0, 0.05) is 17.3 Å². The number of hydrogen-bond donors (Lipinski definition) is 3. The highest BCUT2D eigenvalue weighted by molar-refractivity contribution is 9.10. The summed E-state index contributed by atoms with van der Waals surface area (Å²) in [6.45, 7) is 2.11. The third-order valence-electron chi connectivity index (χ3n) is 2.40. The summed E-state index contributed by atoms with van der Waals surface area (Å²) in [6, 6.07) is 4.47. The number of rotatable bonds is 5. The molecule has 18 heavy (non-hydrogen) atoms. The molecule has 0 spiro atoms. The molecule has 0 saturated heterocycles. The highest BCUT2D eigenvalue weighted by Gasteiger charge is 2.11. The molecule has 0 aliphatic carbocycles. The fourth-order valence-corrected chi connectivity index (χ4v) is 2.85. The van der Waals surface area contributed by atoms with Crippen molar-refractivity contribution in [1.82, 2.24) is 9.97 Å². The van der Waals surface area contributed by atoms with Gasteiger partial charge in [-0.25, -0.2) is 15.8 Å². The van der Waals surface area contributed by atoms with Crippen molar-refractivity contribution in [2.45, 2.75) is 19.4 Å². The minimum atomic E-state index is 0.278. The molecule has 1 unspecified atom stereocenters. The third-order valence-corrected chi connectivity index (χ3v) is 4.05. The van der Waals surface area contributed by atoms with E-state index in [0.717, 1.165) is 16.7 Å². The SMILES string of the molecule is CC(Cc1cccs1)Nc1ncnc(NN)c1Br. The maximum absolute atomic E-state index is 5.36. The first kappa shape index (κ1) is 13.3. The number of aromatic nitrogens is 2. The minimum Gasteiger partial charge on any atom is -0.366 e. The predicted molar refractivity (Wildman–Crippen MR) is 78.6 cm³/mol. The van der Waals surface area contributed by atoms with Gasteiger partial charge in [0.1, 0.15) is 16.6 Å². The van der Waals surface area contributed by atoms with E-state index in [4.69, 9.17) is 5.84 Å². The van der Waals surface area contributed by atoms with Crippen LogP contribution >= 0.6 is 27.3 Å². The van der Waals surface area contributed by atoms with Gasteiger partial charge in [-0.15, -0.1) is 11.3 Å². The summed E-state index contributed by atoms with van der Waals surface area (Å²) in [5.41, 5.74) is 2.52. The Kier molecular flexibility index (Phi) is 4.51. The summed E-state index contributed by atoms with van der Waals surface area (Å²) in [6.07, 6.45) is 2.43. The van der Waals surface area contributed by atoms with Crippen molar-refractivity contribution >= 4 is 38.9 Å². The first-order valence-electron chi connectivity index (χ1n) is 5.46. The van der Waals surface area contributed by atoms with Crippen LogP contribution in [0.25, 0.3) is 0 Å². The lowest BCUT2D eigenvalue weighted by molar-refractivity contribution is 0.792. The molecule has 0 aromatic carbocycles. The molecule has 0 aliphatic rings. The van der Waals surface area contributed by atoms with Crippen molar-refractivity contribution in [1.29, 1.82) is 0 Å². The summed E-state index contributed by atoms with van der Waals surface area (Å²) >= 11 is 5.18. The van der Waals surface area contributed by atoms with Crippen molar-refractivity contribution in [3.8, 4) is 0 Å². The van der Waals surface area contributed by atoms with Crippen molar-refractivity contribution in [2.75, 3.05) is 10.7 Å². The molecule has 0 amide bonds. The molecule has 2 aromatic rings. The molecule has 0 bridgehead atoms. The number of nitrogens with two attached hydrogens (primary N) is 1. The molecule has 0 saturated carbocycles. The van der Waals surface area contributed by atoms with Crippen molar-refractivity contribution in [3.05, 3.63) is 33.2 Å². The van der Waals surface area contributed by atoms with Crippen LogP contribution in [-0.2, 0) is 6.42 Å². The van der Waals surface area contributed by atoms with E-state index in [2.05, 4.69) is 61.1 Å². The number of thiophene rings is 1.